The van der Waals surface area contributed by atoms with Crippen LogP contribution in [0.1, 0.15) is 29.8 Å². The van der Waals surface area contributed by atoms with E-state index in [0.717, 1.165) is 22.4 Å². The highest BCUT2D eigenvalue weighted by molar-refractivity contribution is 5.96. The number of carboxylic acid groups (broad SMARTS) is 1. The predicted octanol–water partition coefficient (Wildman–Crippen LogP) is 4.15. The molecule has 0 atom stereocenters. The van der Waals surface area contributed by atoms with Gasteiger partial charge in [0.25, 0.3) is 0 Å². The minimum atomic E-state index is -0.911. The highest BCUT2D eigenvalue weighted by atomic mass is 16.5. The summed E-state index contributed by atoms with van der Waals surface area (Å²) < 4.78 is 5.59. The van der Waals surface area contributed by atoms with Gasteiger partial charge in [0, 0.05) is 0 Å². The highest BCUT2D eigenvalue weighted by Gasteiger charge is 2.12. The van der Waals surface area contributed by atoms with Crippen molar-refractivity contribution in [2.75, 3.05) is 0 Å². The molecule has 0 bridgehead atoms. The van der Waals surface area contributed by atoms with Gasteiger partial charge in [0.2, 0.25) is 0 Å². The Morgan fingerprint density at radius 3 is 2.30 bits per heavy atom. The average Bonchev–Trinajstić information content (AvgIpc) is 2.39. The third kappa shape index (κ3) is 3.18. The molecule has 0 spiro atoms. The second kappa shape index (κ2) is 5.78. The van der Waals surface area contributed by atoms with Crippen LogP contribution in [0.25, 0.3) is 11.1 Å². The number of ether oxygens (including phenoxy) is 1. The first-order valence-corrected chi connectivity index (χ1v) is 6.58. The third-order valence-corrected chi connectivity index (χ3v) is 2.94. The quantitative estimate of drug-likeness (QED) is 0.907. The second-order valence-corrected chi connectivity index (χ2v) is 5.05. The molecule has 1 N–H and O–H groups in total. The Morgan fingerprint density at radius 2 is 1.75 bits per heavy atom. The molecule has 2 rings (SSSR count). The minimum absolute atomic E-state index is 0.120. The van der Waals surface area contributed by atoms with Crippen molar-refractivity contribution in [3.8, 4) is 16.9 Å². The number of aromatic carboxylic acids is 1. The van der Waals surface area contributed by atoms with Crippen molar-refractivity contribution in [1.29, 1.82) is 0 Å². The van der Waals surface area contributed by atoms with Gasteiger partial charge in [-0.1, -0.05) is 29.8 Å². The van der Waals surface area contributed by atoms with Crippen molar-refractivity contribution in [1.82, 2.24) is 0 Å². The minimum Gasteiger partial charge on any atom is -0.491 e. The third-order valence-electron chi connectivity index (χ3n) is 2.94. The van der Waals surface area contributed by atoms with Crippen LogP contribution in [-0.4, -0.2) is 17.2 Å². The van der Waals surface area contributed by atoms with E-state index < -0.39 is 5.97 Å². The first-order valence-electron chi connectivity index (χ1n) is 6.58. The van der Waals surface area contributed by atoms with Gasteiger partial charge in [0.15, 0.2) is 0 Å². The molecule has 2 aromatic rings. The summed E-state index contributed by atoms with van der Waals surface area (Å²) in [5, 5.41) is 9.30. The highest BCUT2D eigenvalue weighted by Crippen LogP contribution is 2.27. The molecule has 0 aliphatic heterocycles. The van der Waals surface area contributed by atoms with Crippen LogP contribution in [0.2, 0.25) is 0 Å². The van der Waals surface area contributed by atoms with Gasteiger partial charge in [0.1, 0.15) is 5.75 Å². The summed E-state index contributed by atoms with van der Waals surface area (Å²) >= 11 is 0. The zero-order chi connectivity index (χ0) is 14.7. The molecule has 0 unspecified atom stereocenters. The Hall–Kier alpha value is -2.29. The van der Waals surface area contributed by atoms with Gasteiger partial charge < -0.3 is 9.84 Å². The maximum Gasteiger partial charge on any atom is 0.336 e. The van der Waals surface area contributed by atoms with Gasteiger partial charge in [-0.25, -0.2) is 4.79 Å². The molecule has 2 aromatic carbocycles. The lowest BCUT2D eigenvalue weighted by Gasteiger charge is -2.11. The Labute approximate surface area is 118 Å². The van der Waals surface area contributed by atoms with Crippen molar-refractivity contribution in [2.45, 2.75) is 26.9 Å². The van der Waals surface area contributed by atoms with E-state index in [0.29, 0.717) is 5.56 Å². The van der Waals surface area contributed by atoms with E-state index in [1.165, 1.54) is 0 Å². The maximum absolute atomic E-state index is 11.3. The second-order valence-electron chi connectivity index (χ2n) is 5.05. The first-order chi connectivity index (χ1) is 9.47. The molecule has 0 heterocycles. The smallest absolute Gasteiger partial charge is 0.336 e. The van der Waals surface area contributed by atoms with Crippen molar-refractivity contribution < 1.29 is 14.6 Å². The fourth-order valence-electron chi connectivity index (χ4n) is 2.07. The fraction of sp³-hybridized carbons (Fsp3) is 0.235. The summed E-state index contributed by atoms with van der Waals surface area (Å²) in [4.78, 5) is 11.3. The SMILES string of the molecule is Cc1ccc(-c2ccc(OC(C)C)cc2)c(C(=O)O)c1. The van der Waals surface area contributed by atoms with Gasteiger partial charge in [-0.05, 0) is 50.1 Å². The van der Waals surface area contributed by atoms with Gasteiger partial charge in [-0.3, -0.25) is 0 Å². The number of benzene rings is 2. The molecule has 0 aliphatic rings. The van der Waals surface area contributed by atoms with E-state index in [1.54, 1.807) is 6.07 Å². The molecule has 0 saturated carbocycles. The van der Waals surface area contributed by atoms with Crippen LogP contribution in [0.4, 0.5) is 0 Å². The Morgan fingerprint density at radius 1 is 1.10 bits per heavy atom. The van der Waals surface area contributed by atoms with Crippen LogP contribution in [0.3, 0.4) is 0 Å². The number of hydrogen-bond donors (Lipinski definition) is 1. The normalized spacial score (nSPS) is 10.6. The topological polar surface area (TPSA) is 46.5 Å². The zero-order valence-electron chi connectivity index (χ0n) is 11.9. The Kier molecular flexibility index (Phi) is 4.08. The Balaban J connectivity index is 2.39. The maximum atomic E-state index is 11.3. The molecule has 0 aliphatic carbocycles. The Bertz CT molecular complexity index is 613. The largest absolute Gasteiger partial charge is 0.491 e. The van der Waals surface area contributed by atoms with E-state index in [1.807, 2.05) is 57.2 Å². The zero-order valence-corrected chi connectivity index (χ0v) is 11.9. The van der Waals surface area contributed by atoms with E-state index in [2.05, 4.69) is 0 Å². The molecule has 0 radical (unpaired) electrons. The lowest BCUT2D eigenvalue weighted by Crippen LogP contribution is -2.05. The van der Waals surface area contributed by atoms with Crippen LogP contribution in [0.15, 0.2) is 42.5 Å². The fourth-order valence-corrected chi connectivity index (χ4v) is 2.07. The summed E-state index contributed by atoms with van der Waals surface area (Å²) in [6.45, 7) is 5.82. The van der Waals surface area contributed by atoms with E-state index in [-0.39, 0.29) is 6.10 Å². The summed E-state index contributed by atoms with van der Waals surface area (Å²) in [5.41, 5.74) is 2.85. The van der Waals surface area contributed by atoms with Gasteiger partial charge >= 0.3 is 5.97 Å². The number of carbonyl (C=O) groups is 1. The molecule has 0 amide bonds. The van der Waals surface area contributed by atoms with Crippen LogP contribution in [0.5, 0.6) is 5.75 Å². The van der Waals surface area contributed by atoms with Crippen LogP contribution in [0, 0.1) is 6.92 Å². The van der Waals surface area contributed by atoms with Gasteiger partial charge in [0.05, 0.1) is 11.7 Å². The predicted molar refractivity (Wildman–Crippen MR) is 79.3 cm³/mol. The molecule has 104 valence electrons. The molecule has 3 nitrogen and oxygen atoms in total. The molecular weight excluding hydrogens is 252 g/mol. The monoisotopic (exact) mass is 270 g/mol. The van der Waals surface area contributed by atoms with Gasteiger partial charge in [-0.15, -0.1) is 0 Å². The summed E-state index contributed by atoms with van der Waals surface area (Å²) in [6, 6.07) is 12.9. The molecule has 0 fully saturated rings. The molecule has 3 heteroatoms. The van der Waals surface area contributed by atoms with Crippen LogP contribution in [-0.2, 0) is 0 Å². The standard InChI is InChI=1S/C17H18O3/c1-11(2)20-14-7-5-13(6-8-14)15-9-4-12(3)10-16(15)17(18)19/h4-11H,1-3H3,(H,18,19). The van der Waals surface area contributed by atoms with Gasteiger partial charge in [-0.2, -0.15) is 0 Å². The van der Waals surface area contributed by atoms with E-state index >= 15 is 0 Å². The molecular formula is C17H18O3. The first kappa shape index (κ1) is 14.1. The van der Waals surface area contributed by atoms with Crippen molar-refractivity contribution in [2.24, 2.45) is 0 Å². The molecule has 0 aromatic heterocycles. The average molecular weight is 270 g/mol. The van der Waals surface area contributed by atoms with Crippen LogP contribution >= 0.6 is 0 Å². The lowest BCUT2D eigenvalue weighted by molar-refractivity contribution is 0.0697. The van der Waals surface area contributed by atoms with Crippen LogP contribution < -0.4 is 4.74 Å². The van der Waals surface area contributed by atoms with E-state index in [4.69, 9.17) is 4.74 Å². The number of aryl methyl sites for hydroxylation is 1. The van der Waals surface area contributed by atoms with E-state index in [9.17, 15) is 9.90 Å². The number of rotatable bonds is 4. The van der Waals surface area contributed by atoms with Crippen molar-refractivity contribution >= 4 is 5.97 Å². The number of hydrogen-bond acceptors (Lipinski definition) is 2. The molecule has 20 heavy (non-hydrogen) atoms. The summed E-state index contributed by atoms with van der Waals surface area (Å²) in [6.07, 6.45) is 0.120. The number of carboxylic acids is 1. The molecule has 0 saturated heterocycles. The summed E-state index contributed by atoms with van der Waals surface area (Å²) in [7, 11) is 0. The lowest BCUT2D eigenvalue weighted by atomic mass is 9.98. The summed E-state index contributed by atoms with van der Waals surface area (Å²) in [5.74, 6) is -0.126. The van der Waals surface area contributed by atoms with Crippen molar-refractivity contribution in [3.05, 3.63) is 53.6 Å². The van der Waals surface area contributed by atoms with Crippen molar-refractivity contribution in [3.63, 3.8) is 0 Å².